The zero-order chi connectivity index (χ0) is 10.1. The van der Waals surface area contributed by atoms with E-state index in [1.54, 1.807) is 0 Å². The number of aryl methyl sites for hydroxylation is 1. The fraction of sp³-hybridized carbons (Fsp3) is 0.500. The second kappa shape index (κ2) is 3.87. The van der Waals surface area contributed by atoms with Crippen LogP contribution in [0.25, 0.3) is 0 Å². The topological polar surface area (TPSA) is 36.4 Å². The molecule has 4 heteroatoms. The van der Waals surface area contributed by atoms with Crippen LogP contribution in [-0.4, -0.2) is 29.8 Å². The van der Waals surface area contributed by atoms with Gasteiger partial charge in [0.25, 0.3) is 0 Å². The highest BCUT2D eigenvalue weighted by molar-refractivity contribution is 9.10. The SMILES string of the molecule is Cc1cnc(N2CC(CO)C2)c(Br)c1. The molecule has 1 aromatic heterocycles. The molecular weight excluding hydrogens is 244 g/mol. The zero-order valence-electron chi connectivity index (χ0n) is 8.07. The molecule has 1 aliphatic rings. The molecular formula is C10H13BrN2O. The van der Waals surface area contributed by atoms with E-state index in [4.69, 9.17) is 5.11 Å². The van der Waals surface area contributed by atoms with Crippen molar-refractivity contribution in [2.75, 3.05) is 24.6 Å². The minimum atomic E-state index is 0.278. The summed E-state index contributed by atoms with van der Waals surface area (Å²) in [6.45, 7) is 4.12. The highest BCUT2D eigenvalue weighted by Crippen LogP contribution is 2.29. The third-order valence-corrected chi connectivity index (χ3v) is 3.06. The van der Waals surface area contributed by atoms with Gasteiger partial charge in [-0.3, -0.25) is 0 Å². The second-order valence-electron chi connectivity index (χ2n) is 3.77. The van der Waals surface area contributed by atoms with E-state index in [1.807, 2.05) is 13.1 Å². The van der Waals surface area contributed by atoms with Gasteiger partial charge >= 0.3 is 0 Å². The van der Waals surface area contributed by atoms with Crippen molar-refractivity contribution in [2.24, 2.45) is 5.92 Å². The van der Waals surface area contributed by atoms with E-state index < -0.39 is 0 Å². The minimum Gasteiger partial charge on any atom is -0.396 e. The maximum absolute atomic E-state index is 8.91. The van der Waals surface area contributed by atoms with Crippen molar-refractivity contribution >= 4 is 21.7 Å². The van der Waals surface area contributed by atoms with Crippen LogP contribution in [0.3, 0.4) is 0 Å². The molecule has 0 amide bonds. The molecule has 0 spiro atoms. The lowest BCUT2D eigenvalue weighted by atomic mass is 10.0. The molecule has 1 aromatic rings. The van der Waals surface area contributed by atoms with Gasteiger partial charge in [-0.2, -0.15) is 0 Å². The van der Waals surface area contributed by atoms with Gasteiger partial charge in [-0.25, -0.2) is 4.98 Å². The number of hydrogen-bond donors (Lipinski definition) is 1. The summed E-state index contributed by atoms with van der Waals surface area (Å²) in [5.41, 5.74) is 1.15. The van der Waals surface area contributed by atoms with E-state index in [-0.39, 0.29) is 6.61 Å². The molecule has 2 rings (SSSR count). The van der Waals surface area contributed by atoms with Crippen LogP contribution in [0.2, 0.25) is 0 Å². The highest BCUT2D eigenvalue weighted by atomic mass is 79.9. The van der Waals surface area contributed by atoms with Crippen molar-refractivity contribution < 1.29 is 5.11 Å². The van der Waals surface area contributed by atoms with Crippen LogP contribution in [0.4, 0.5) is 5.82 Å². The van der Waals surface area contributed by atoms with Gasteiger partial charge in [0.15, 0.2) is 0 Å². The molecule has 14 heavy (non-hydrogen) atoms. The Labute approximate surface area is 91.9 Å². The summed E-state index contributed by atoms with van der Waals surface area (Å²) in [5, 5.41) is 8.91. The fourth-order valence-electron chi connectivity index (χ4n) is 1.62. The lowest BCUT2D eigenvalue weighted by Gasteiger charge is -2.39. The summed E-state index contributed by atoms with van der Waals surface area (Å²) in [5.74, 6) is 1.41. The Kier molecular flexibility index (Phi) is 2.74. The third kappa shape index (κ3) is 1.77. The van der Waals surface area contributed by atoms with Crippen LogP contribution < -0.4 is 4.90 Å². The highest BCUT2D eigenvalue weighted by Gasteiger charge is 2.28. The number of hydrogen-bond acceptors (Lipinski definition) is 3. The maximum atomic E-state index is 8.91. The fourth-order valence-corrected chi connectivity index (χ4v) is 2.33. The van der Waals surface area contributed by atoms with Crippen molar-refractivity contribution in [2.45, 2.75) is 6.92 Å². The molecule has 1 fully saturated rings. The molecule has 3 nitrogen and oxygen atoms in total. The molecule has 0 bridgehead atoms. The monoisotopic (exact) mass is 256 g/mol. The van der Waals surface area contributed by atoms with Gasteiger partial charge < -0.3 is 10.0 Å². The van der Waals surface area contributed by atoms with Gasteiger partial charge in [-0.05, 0) is 34.5 Å². The van der Waals surface area contributed by atoms with Gasteiger partial charge in [-0.1, -0.05) is 0 Å². The lowest BCUT2D eigenvalue weighted by Crippen LogP contribution is -2.48. The third-order valence-electron chi connectivity index (χ3n) is 2.47. The summed E-state index contributed by atoms with van der Waals surface area (Å²) >= 11 is 3.50. The standard InChI is InChI=1S/C10H13BrN2O/c1-7-2-9(11)10(12-3-7)13-4-8(5-13)6-14/h2-3,8,14H,4-6H2,1H3. The molecule has 1 aliphatic heterocycles. The smallest absolute Gasteiger partial charge is 0.142 e. The summed E-state index contributed by atoms with van der Waals surface area (Å²) in [4.78, 5) is 6.54. The van der Waals surface area contributed by atoms with E-state index in [0.717, 1.165) is 28.9 Å². The average molecular weight is 257 g/mol. The first-order valence-corrected chi connectivity index (χ1v) is 5.48. The quantitative estimate of drug-likeness (QED) is 0.873. The molecule has 0 unspecified atom stereocenters. The Balaban J connectivity index is 2.11. The number of aromatic nitrogens is 1. The van der Waals surface area contributed by atoms with Crippen LogP contribution in [0, 0.1) is 12.8 Å². The Morgan fingerprint density at radius 3 is 2.93 bits per heavy atom. The van der Waals surface area contributed by atoms with Gasteiger partial charge in [0, 0.05) is 31.8 Å². The molecule has 0 aromatic carbocycles. The van der Waals surface area contributed by atoms with Crippen molar-refractivity contribution in [1.29, 1.82) is 0 Å². The second-order valence-corrected chi connectivity index (χ2v) is 4.63. The average Bonchev–Trinajstić information content (AvgIpc) is 2.06. The first kappa shape index (κ1) is 9.93. The van der Waals surface area contributed by atoms with Crippen molar-refractivity contribution in [1.82, 2.24) is 4.98 Å². The Hall–Kier alpha value is -0.610. The number of nitrogens with zero attached hydrogens (tertiary/aromatic N) is 2. The number of aliphatic hydroxyl groups excluding tert-OH is 1. The Bertz CT molecular complexity index is 337. The summed E-state index contributed by atoms with van der Waals surface area (Å²) in [6.07, 6.45) is 1.87. The van der Waals surface area contributed by atoms with E-state index in [0.29, 0.717) is 5.92 Å². The van der Waals surface area contributed by atoms with Crippen LogP contribution in [0.5, 0.6) is 0 Å². The molecule has 1 saturated heterocycles. The molecule has 0 atom stereocenters. The van der Waals surface area contributed by atoms with Crippen LogP contribution >= 0.6 is 15.9 Å². The van der Waals surface area contributed by atoms with Crippen molar-refractivity contribution in [3.63, 3.8) is 0 Å². The Morgan fingerprint density at radius 1 is 1.64 bits per heavy atom. The van der Waals surface area contributed by atoms with Gasteiger partial charge in [0.1, 0.15) is 5.82 Å². The molecule has 2 heterocycles. The lowest BCUT2D eigenvalue weighted by molar-refractivity contribution is 0.200. The minimum absolute atomic E-state index is 0.278. The molecule has 0 radical (unpaired) electrons. The van der Waals surface area contributed by atoms with Gasteiger partial charge in [0.2, 0.25) is 0 Å². The predicted molar refractivity (Wildman–Crippen MR) is 59.5 cm³/mol. The summed E-state index contributed by atoms with van der Waals surface area (Å²) in [6, 6.07) is 2.06. The largest absolute Gasteiger partial charge is 0.396 e. The predicted octanol–water partition coefficient (Wildman–Crippen LogP) is 1.58. The molecule has 1 N–H and O–H groups in total. The van der Waals surface area contributed by atoms with Crippen LogP contribution in [0.1, 0.15) is 5.56 Å². The number of halogens is 1. The first-order chi connectivity index (χ1) is 6.70. The number of anilines is 1. The van der Waals surface area contributed by atoms with Gasteiger partial charge in [0.05, 0.1) is 4.47 Å². The molecule has 0 aliphatic carbocycles. The van der Waals surface area contributed by atoms with Gasteiger partial charge in [-0.15, -0.1) is 0 Å². The van der Waals surface area contributed by atoms with E-state index in [2.05, 4.69) is 31.9 Å². The number of rotatable bonds is 2. The zero-order valence-corrected chi connectivity index (χ0v) is 9.66. The van der Waals surface area contributed by atoms with E-state index in [9.17, 15) is 0 Å². The normalized spacial score (nSPS) is 16.9. The first-order valence-electron chi connectivity index (χ1n) is 4.68. The van der Waals surface area contributed by atoms with Crippen LogP contribution in [0.15, 0.2) is 16.7 Å². The molecule has 0 saturated carbocycles. The molecule has 76 valence electrons. The summed E-state index contributed by atoms with van der Waals surface area (Å²) in [7, 11) is 0. The number of pyridine rings is 1. The van der Waals surface area contributed by atoms with E-state index in [1.165, 1.54) is 0 Å². The Morgan fingerprint density at radius 2 is 2.36 bits per heavy atom. The van der Waals surface area contributed by atoms with Crippen molar-refractivity contribution in [3.8, 4) is 0 Å². The van der Waals surface area contributed by atoms with Crippen LogP contribution in [-0.2, 0) is 0 Å². The maximum Gasteiger partial charge on any atom is 0.142 e. The van der Waals surface area contributed by atoms with Crippen molar-refractivity contribution in [3.05, 3.63) is 22.3 Å². The van der Waals surface area contributed by atoms with E-state index >= 15 is 0 Å². The summed E-state index contributed by atoms with van der Waals surface area (Å²) < 4.78 is 1.04. The number of aliphatic hydroxyl groups is 1.